The minimum Gasteiger partial charge on any atom is -0.309 e. The van der Waals surface area contributed by atoms with E-state index in [1.54, 1.807) is 0 Å². The third kappa shape index (κ3) is 4.96. The average molecular weight is 663 g/mol. The van der Waals surface area contributed by atoms with Gasteiger partial charge in [-0.2, -0.15) is 0 Å². The first-order chi connectivity index (χ1) is 25.8. The largest absolute Gasteiger partial charge is 0.309 e. The SMILES string of the molecule is c1ccc(-c2cc(-c3ccccc3)cc(-n3c(-c4ccccc4)c(-c4ccccc4)c4cc5c(cc43)c3ccccc3n5-c3ccccc3)c2)cc1. The molecule has 0 saturated heterocycles. The fourth-order valence-electron chi connectivity index (χ4n) is 7.97. The maximum absolute atomic E-state index is 2.51. The van der Waals surface area contributed by atoms with E-state index in [1.807, 2.05) is 0 Å². The van der Waals surface area contributed by atoms with E-state index in [1.165, 1.54) is 77.3 Å². The van der Waals surface area contributed by atoms with E-state index < -0.39 is 0 Å². The molecule has 10 rings (SSSR count). The molecular formula is C50H34N2. The Morgan fingerprint density at radius 1 is 0.250 bits per heavy atom. The maximum Gasteiger partial charge on any atom is 0.0619 e. The molecule has 0 saturated carbocycles. The van der Waals surface area contributed by atoms with Crippen LogP contribution in [0.2, 0.25) is 0 Å². The predicted molar refractivity (Wildman–Crippen MR) is 219 cm³/mol. The van der Waals surface area contributed by atoms with Crippen molar-refractivity contribution in [2.45, 2.75) is 0 Å². The molecule has 2 heteroatoms. The Morgan fingerprint density at radius 2 is 0.712 bits per heavy atom. The Hall–Kier alpha value is -6.90. The molecule has 0 N–H and O–H groups in total. The summed E-state index contributed by atoms with van der Waals surface area (Å²) in [6.07, 6.45) is 0. The molecule has 0 bridgehead atoms. The van der Waals surface area contributed by atoms with Gasteiger partial charge in [0, 0.05) is 33.1 Å². The van der Waals surface area contributed by atoms with Crippen molar-refractivity contribution >= 4 is 32.7 Å². The van der Waals surface area contributed by atoms with E-state index >= 15 is 0 Å². The van der Waals surface area contributed by atoms with Crippen LogP contribution in [0.15, 0.2) is 206 Å². The van der Waals surface area contributed by atoms with Crippen LogP contribution >= 0.6 is 0 Å². The molecule has 0 radical (unpaired) electrons. The van der Waals surface area contributed by atoms with E-state index in [2.05, 4.69) is 215 Å². The van der Waals surface area contributed by atoms with Gasteiger partial charge in [0.05, 0.1) is 22.2 Å². The third-order valence-electron chi connectivity index (χ3n) is 10.3. The smallest absolute Gasteiger partial charge is 0.0619 e. The van der Waals surface area contributed by atoms with Gasteiger partial charge in [-0.15, -0.1) is 0 Å². The van der Waals surface area contributed by atoms with Crippen LogP contribution in [0.1, 0.15) is 0 Å². The molecule has 2 heterocycles. The summed E-state index contributed by atoms with van der Waals surface area (Å²) in [5, 5.41) is 3.68. The minimum atomic E-state index is 1.12. The van der Waals surface area contributed by atoms with Crippen molar-refractivity contribution in [3.05, 3.63) is 206 Å². The van der Waals surface area contributed by atoms with Crippen LogP contribution in [0, 0.1) is 0 Å². The van der Waals surface area contributed by atoms with E-state index in [-0.39, 0.29) is 0 Å². The lowest BCUT2D eigenvalue weighted by Gasteiger charge is -2.17. The van der Waals surface area contributed by atoms with Crippen LogP contribution in [-0.2, 0) is 0 Å². The van der Waals surface area contributed by atoms with E-state index in [0.29, 0.717) is 0 Å². The van der Waals surface area contributed by atoms with Gasteiger partial charge in [0.25, 0.3) is 0 Å². The fourth-order valence-corrected chi connectivity index (χ4v) is 7.97. The Bertz CT molecular complexity index is 2790. The average Bonchev–Trinajstić information content (AvgIpc) is 3.74. The van der Waals surface area contributed by atoms with Crippen molar-refractivity contribution in [2.24, 2.45) is 0 Å². The highest BCUT2D eigenvalue weighted by Crippen LogP contribution is 2.46. The summed E-state index contributed by atoms with van der Waals surface area (Å²) in [5.41, 5.74) is 15.3. The number of hydrogen-bond acceptors (Lipinski definition) is 0. The topological polar surface area (TPSA) is 9.86 Å². The number of hydrogen-bond donors (Lipinski definition) is 0. The monoisotopic (exact) mass is 662 g/mol. The van der Waals surface area contributed by atoms with Gasteiger partial charge in [0.1, 0.15) is 0 Å². The number of para-hydroxylation sites is 2. The first kappa shape index (κ1) is 30.0. The lowest BCUT2D eigenvalue weighted by molar-refractivity contribution is 1.14. The molecule has 10 aromatic rings. The molecule has 0 aliphatic heterocycles. The van der Waals surface area contributed by atoms with Gasteiger partial charge in [-0.25, -0.2) is 0 Å². The van der Waals surface area contributed by atoms with Gasteiger partial charge in [0.15, 0.2) is 0 Å². The molecule has 0 amide bonds. The summed E-state index contributed by atoms with van der Waals surface area (Å²) in [7, 11) is 0. The van der Waals surface area contributed by atoms with E-state index in [9.17, 15) is 0 Å². The van der Waals surface area contributed by atoms with Crippen LogP contribution in [0.4, 0.5) is 0 Å². The number of benzene rings is 8. The zero-order valence-electron chi connectivity index (χ0n) is 28.5. The molecule has 0 fully saturated rings. The van der Waals surface area contributed by atoms with Crippen LogP contribution in [-0.4, -0.2) is 9.13 Å². The number of aromatic nitrogens is 2. The molecule has 2 aromatic heterocycles. The van der Waals surface area contributed by atoms with Gasteiger partial charge in [0.2, 0.25) is 0 Å². The molecule has 0 spiro atoms. The molecule has 244 valence electrons. The number of nitrogens with zero attached hydrogens (tertiary/aromatic N) is 2. The Balaban J connectivity index is 1.39. The first-order valence-corrected chi connectivity index (χ1v) is 17.9. The third-order valence-corrected chi connectivity index (χ3v) is 10.3. The van der Waals surface area contributed by atoms with Crippen molar-refractivity contribution in [1.82, 2.24) is 9.13 Å². The lowest BCUT2D eigenvalue weighted by atomic mass is 9.97. The maximum atomic E-state index is 2.51. The van der Waals surface area contributed by atoms with Gasteiger partial charge in [-0.1, -0.05) is 158 Å². The summed E-state index contributed by atoms with van der Waals surface area (Å²) in [4.78, 5) is 0. The molecule has 8 aromatic carbocycles. The highest BCUT2D eigenvalue weighted by atomic mass is 15.0. The molecule has 0 atom stereocenters. The highest BCUT2D eigenvalue weighted by molar-refractivity contribution is 6.17. The van der Waals surface area contributed by atoms with Gasteiger partial charge >= 0.3 is 0 Å². The predicted octanol–water partition coefficient (Wildman–Crippen LogP) is 13.4. The second-order valence-electron chi connectivity index (χ2n) is 13.4. The van der Waals surface area contributed by atoms with Crippen LogP contribution in [0.25, 0.3) is 88.7 Å². The highest BCUT2D eigenvalue weighted by Gasteiger charge is 2.24. The van der Waals surface area contributed by atoms with E-state index in [4.69, 9.17) is 0 Å². The summed E-state index contributed by atoms with van der Waals surface area (Å²) in [6, 6.07) is 74.7. The standard InChI is InChI=1S/C50H34N2/c1-6-18-35(19-7-1)39-30-40(36-20-8-2-9-21-36)32-42(31-39)52-48-33-44-43-28-16-17-29-46(43)51(41-26-14-5-15-27-41)47(44)34-45(48)49(37-22-10-3-11-23-37)50(52)38-24-12-4-13-25-38/h1-34H. The van der Waals surface area contributed by atoms with Gasteiger partial charge < -0.3 is 9.13 Å². The Morgan fingerprint density at radius 3 is 1.31 bits per heavy atom. The minimum absolute atomic E-state index is 1.12. The molecular weight excluding hydrogens is 629 g/mol. The lowest BCUT2D eigenvalue weighted by Crippen LogP contribution is -1.99. The summed E-state index contributed by atoms with van der Waals surface area (Å²) in [5.74, 6) is 0. The van der Waals surface area contributed by atoms with Crippen molar-refractivity contribution in [3.8, 4) is 56.0 Å². The second-order valence-corrected chi connectivity index (χ2v) is 13.4. The second kappa shape index (κ2) is 12.5. The van der Waals surface area contributed by atoms with Crippen LogP contribution in [0.5, 0.6) is 0 Å². The quantitative estimate of drug-likeness (QED) is 0.168. The molecule has 2 nitrogen and oxygen atoms in total. The Labute approximate surface area is 303 Å². The Kier molecular flexibility index (Phi) is 7.18. The van der Waals surface area contributed by atoms with Crippen molar-refractivity contribution in [1.29, 1.82) is 0 Å². The van der Waals surface area contributed by atoms with E-state index in [0.717, 1.165) is 11.4 Å². The summed E-state index contributed by atoms with van der Waals surface area (Å²) < 4.78 is 4.93. The van der Waals surface area contributed by atoms with Crippen molar-refractivity contribution in [2.75, 3.05) is 0 Å². The first-order valence-electron chi connectivity index (χ1n) is 17.9. The molecule has 0 unspecified atom stereocenters. The normalized spacial score (nSPS) is 11.5. The van der Waals surface area contributed by atoms with Crippen molar-refractivity contribution in [3.63, 3.8) is 0 Å². The molecule has 0 aliphatic rings. The zero-order chi connectivity index (χ0) is 34.4. The number of rotatable bonds is 6. The van der Waals surface area contributed by atoms with Gasteiger partial charge in [-0.05, 0) is 81.9 Å². The fraction of sp³-hybridized carbons (Fsp3) is 0. The van der Waals surface area contributed by atoms with Crippen LogP contribution in [0.3, 0.4) is 0 Å². The summed E-state index contributed by atoms with van der Waals surface area (Å²) >= 11 is 0. The molecule has 52 heavy (non-hydrogen) atoms. The summed E-state index contributed by atoms with van der Waals surface area (Å²) in [6.45, 7) is 0. The van der Waals surface area contributed by atoms with Crippen molar-refractivity contribution < 1.29 is 0 Å². The number of fused-ring (bicyclic) bond motifs is 4. The molecule has 0 aliphatic carbocycles. The zero-order valence-corrected chi connectivity index (χ0v) is 28.5. The van der Waals surface area contributed by atoms with Crippen LogP contribution < -0.4 is 0 Å². The van der Waals surface area contributed by atoms with Gasteiger partial charge in [-0.3, -0.25) is 0 Å².